The van der Waals surface area contributed by atoms with Crippen molar-refractivity contribution in [1.29, 1.82) is 0 Å². The molecule has 2 rings (SSSR count). The lowest BCUT2D eigenvalue weighted by Crippen LogP contribution is -2.39. The smallest absolute Gasteiger partial charge is 0.119 e. The molecule has 1 aromatic carbocycles. The van der Waals surface area contributed by atoms with Crippen LogP contribution in [-0.2, 0) is 6.54 Å². The largest absolute Gasteiger partial charge is 0.497 e. The van der Waals surface area contributed by atoms with Crippen LogP contribution in [0.5, 0.6) is 5.75 Å². The lowest BCUT2D eigenvalue weighted by atomic mass is 9.91. The van der Waals surface area contributed by atoms with Gasteiger partial charge < -0.3 is 9.84 Å². The minimum Gasteiger partial charge on any atom is -0.497 e. The molecular formula is C17H24ClNO2. The van der Waals surface area contributed by atoms with E-state index in [2.05, 4.69) is 23.6 Å². The quantitative estimate of drug-likeness (QED) is 0.872. The van der Waals surface area contributed by atoms with Gasteiger partial charge in [-0.3, -0.25) is 4.90 Å². The normalized spacial score (nSPS) is 22.3. The van der Waals surface area contributed by atoms with E-state index in [0.717, 1.165) is 38.0 Å². The Balaban J connectivity index is 2.06. The van der Waals surface area contributed by atoms with Crippen molar-refractivity contribution < 1.29 is 9.84 Å². The van der Waals surface area contributed by atoms with E-state index in [1.165, 1.54) is 5.56 Å². The molecule has 0 aliphatic heterocycles. The number of hydrogen-bond acceptors (Lipinski definition) is 3. The molecular weight excluding hydrogens is 286 g/mol. The van der Waals surface area contributed by atoms with Gasteiger partial charge in [-0.05, 0) is 43.4 Å². The number of benzene rings is 1. The number of aliphatic hydroxyl groups is 1. The number of hydrogen-bond donors (Lipinski definition) is 1. The van der Waals surface area contributed by atoms with Gasteiger partial charge in [-0.2, -0.15) is 0 Å². The van der Waals surface area contributed by atoms with Gasteiger partial charge in [-0.15, -0.1) is 0 Å². The number of nitrogens with zero attached hydrogens (tertiary/aromatic N) is 1. The van der Waals surface area contributed by atoms with Gasteiger partial charge in [0, 0.05) is 24.2 Å². The highest BCUT2D eigenvalue weighted by Crippen LogP contribution is 2.26. The molecule has 1 aromatic rings. The molecule has 116 valence electrons. The summed E-state index contributed by atoms with van der Waals surface area (Å²) in [4.78, 5) is 2.36. The van der Waals surface area contributed by atoms with E-state index in [-0.39, 0.29) is 6.10 Å². The fraction of sp³-hybridized carbons (Fsp3) is 0.529. The van der Waals surface area contributed by atoms with Crippen LogP contribution in [0.4, 0.5) is 0 Å². The molecule has 0 bridgehead atoms. The lowest BCUT2D eigenvalue weighted by Gasteiger charge is -2.35. The minimum absolute atomic E-state index is 0.140. The molecule has 1 saturated carbocycles. The van der Waals surface area contributed by atoms with E-state index < -0.39 is 0 Å². The molecule has 0 radical (unpaired) electrons. The highest BCUT2D eigenvalue weighted by atomic mass is 35.5. The van der Waals surface area contributed by atoms with Crippen molar-refractivity contribution in [3.05, 3.63) is 41.4 Å². The summed E-state index contributed by atoms with van der Waals surface area (Å²) in [6.45, 7) is 5.33. The van der Waals surface area contributed by atoms with Crippen LogP contribution in [0, 0.1) is 0 Å². The third kappa shape index (κ3) is 5.03. The second-order valence-electron chi connectivity index (χ2n) is 5.74. The van der Waals surface area contributed by atoms with Crippen LogP contribution in [-0.4, -0.2) is 35.8 Å². The third-order valence-electron chi connectivity index (χ3n) is 4.08. The van der Waals surface area contributed by atoms with E-state index in [1.54, 1.807) is 7.11 Å². The number of methoxy groups -OCH3 is 1. The van der Waals surface area contributed by atoms with E-state index in [9.17, 15) is 5.11 Å². The van der Waals surface area contributed by atoms with Crippen LogP contribution >= 0.6 is 11.6 Å². The predicted molar refractivity (Wildman–Crippen MR) is 86.7 cm³/mol. The second-order valence-corrected chi connectivity index (χ2v) is 6.27. The highest BCUT2D eigenvalue weighted by Gasteiger charge is 2.25. The summed E-state index contributed by atoms with van der Waals surface area (Å²) in [5, 5.41) is 10.3. The van der Waals surface area contributed by atoms with E-state index in [1.807, 2.05) is 12.1 Å². The second kappa shape index (κ2) is 7.83. The zero-order valence-corrected chi connectivity index (χ0v) is 13.4. The zero-order valence-electron chi connectivity index (χ0n) is 12.6. The van der Waals surface area contributed by atoms with Crippen molar-refractivity contribution in [1.82, 2.24) is 4.90 Å². The average Bonchev–Trinajstić information content (AvgIpc) is 2.47. The van der Waals surface area contributed by atoms with Crippen molar-refractivity contribution in [3.63, 3.8) is 0 Å². The Labute approximate surface area is 132 Å². The number of aliphatic hydroxyl groups excluding tert-OH is 1. The molecule has 0 heterocycles. The maximum absolute atomic E-state index is 9.67. The number of rotatable bonds is 6. The first-order valence-corrected chi connectivity index (χ1v) is 7.84. The standard InChI is InChI=1S/C17H24ClNO2/c1-13(18)11-19(15-6-8-16(20)9-7-15)12-14-4-3-5-17(10-14)21-2/h3-5,10,15-16,20H,1,6-9,11-12H2,2H3. The Kier molecular flexibility index (Phi) is 6.09. The third-order valence-corrected chi connectivity index (χ3v) is 4.20. The molecule has 0 atom stereocenters. The average molecular weight is 310 g/mol. The Morgan fingerprint density at radius 2 is 2.10 bits per heavy atom. The van der Waals surface area contributed by atoms with Crippen LogP contribution in [0.15, 0.2) is 35.9 Å². The highest BCUT2D eigenvalue weighted by molar-refractivity contribution is 6.29. The summed E-state index contributed by atoms with van der Waals surface area (Å²) in [7, 11) is 1.68. The van der Waals surface area contributed by atoms with Crippen LogP contribution < -0.4 is 4.74 Å². The molecule has 0 amide bonds. The van der Waals surface area contributed by atoms with Crippen molar-refractivity contribution in [2.75, 3.05) is 13.7 Å². The molecule has 1 aliphatic carbocycles. The fourth-order valence-corrected chi connectivity index (χ4v) is 3.12. The van der Waals surface area contributed by atoms with Crippen molar-refractivity contribution in [2.24, 2.45) is 0 Å². The molecule has 1 aliphatic rings. The topological polar surface area (TPSA) is 32.7 Å². The van der Waals surface area contributed by atoms with Gasteiger partial charge in [0.1, 0.15) is 5.75 Å². The molecule has 0 saturated heterocycles. The SMILES string of the molecule is C=C(Cl)CN(Cc1cccc(OC)c1)C1CCC(O)CC1. The molecule has 0 aromatic heterocycles. The van der Waals surface area contributed by atoms with Gasteiger partial charge in [-0.25, -0.2) is 0 Å². The van der Waals surface area contributed by atoms with Gasteiger partial charge in [0.2, 0.25) is 0 Å². The Bertz CT molecular complexity index is 470. The van der Waals surface area contributed by atoms with E-state index in [4.69, 9.17) is 16.3 Å². The van der Waals surface area contributed by atoms with Crippen LogP contribution in [0.25, 0.3) is 0 Å². The summed E-state index contributed by atoms with van der Waals surface area (Å²) in [6, 6.07) is 8.57. The molecule has 1 fully saturated rings. The van der Waals surface area contributed by atoms with E-state index >= 15 is 0 Å². The molecule has 3 nitrogen and oxygen atoms in total. The minimum atomic E-state index is -0.140. The Hall–Kier alpha value is -1.03. The van der Waals surface area contributed by atoms with Crippen molar-refractivity contribution >= 4 is 11.6 Å². The first-order chi connectivity index (χ1) is 10.1. The van der Waals surface area contributed by atoms with E-state index in [0.29, 0.717) is 17.6 Å². The lowest BCUT2D eigenvalue weighted by molar-refractivity contribution is 0.0752. The summed E-state index contributed by atoms with van der Waals surface area (Å²) in [5.74, 6) is 0.871. The maximum Gasteiger partial charge on any atom is 0.119 e. The molecule has 0 unspecified atom stereocenters. The van der Waals surface area contributed by atoms with Crippen LogP contribution in [0.1, 0.15) is 31.2 Å². The number of halogens is 1. The zero-order chi connectivity index (χ0) is 15.2. The molecule has 1 N–H and O–H groups in total. The van der Waals surface area contributed by atoms with Gasteiger partial charge in [0.15, 0.2) is 0 Å². The van der Waals surface area contributed by atoms with Crippen molar-refractivity contribution in [3.8, 4) is 5.75 Å². The molecule has 0 spiro atoms. The molecule has 21 heavy (non-hydrogen) atoms. The molecule has 4 heteroatoms. The first-order valence-electron chi connectivity index (χ1n) is 7.47. The summed E-state index contributed by atoms with van der Waals surface area (Å²) < 4.78 is 5.28. The van der Waals surface area contributed by atoms with Crippen LogP contribution in [0.3, 0.4) is 0 Å². The van der Waals surface area contributed by atoms with Crippen molar-refractivity contribution in [2.45, 2.75) is 44.4 Å². The van der Waals surface area contributed by atoms with Gasteiger partial charge in [0.05, 0.1) is 13.2 Å². The Morgan fingerprint density at radius 3 is 2.71 bits per heavy atom. The van der Waals surface area contributed by atoms with Gasteiger partial charge >= 0.3 is 0 Å². The monoisotopic (exact) mass is 309 g/mol. The summed E-state index contributed by atoms with van der Waals surface area (Å²) >= 11 is 6.03. The maximum atomic E-state index is 9.67. The van der Waals surface area contributed by atoms with Gasteiger partial charge in [0.25, 0.3) is 0 Å². The number of ether oxygens (including phenoxy) is 1. The fourth-order valence-electron chi connectivity index (χ4n) is 2.96. The van der Waals surface area contributed by atoms with Crippen LogP contribution in [0.2, 0.25) is 0 Å². The first kappa shape index (κ1) is 16.3. The predicted octanol–water partition coefficient (Wildman–Crippen LogP) is 3.55. The van der Waals surface area contributed by atoms with Gasteiger partial charge in [-0.1, -0.05) is 30.3 Å². The summed E-state index contributed by atoms with van der Waals surface area (Å²) in [6.07, 6.45) is 3.62. The summed E-state index contributed by atoms with van der Waals surface area (Å²) in [5.41, 5.74) is 1.21. The Morgan fingerprint density at radius 1 is 1.38 bits per heavy atom.